The molecule has 0 saturated carbocycles. The van der Waals surface area contributed by atoms with E-state index in [1.807, 2.05) is 43.3 Å². The Morgan fingerprint density at radius 3 is 2.32 bits per heavy atom. The van der Waals surface area contributed by atoms with Gasteiger partial charge in [-0.15, -0.1) is 0 Å². The molecule has 1 unspecified atom stereocenters. The molecule has 37 heavy (non-hydrogen) atoms. The number of nitrogens with one attached hydrogen (secondary N) is 1. The molecule has 3 aromatic carbocycles. The number of amides is 2. The number of aryl methyl sites for hydroxylation is 1. The molecule has 0 spiro atoms. The smallest absolute Gasteiger partial charge is 0.322 e. The summed E-state index contributed by atoms with van der Waals surface area (Å²) in [6, 6.07) is 20.9. The second-order valence-corrected chi connectivity index (χ2v) is 8.84. The Hall–Kier alpha value is -4.46. The molecule has 7 nitrogen and oxygen atoms in total. The number of hydrogen-bond acceptors (Lipinski definition) is 5. The van der Waals surface area contributed by atoms with Crippen molar-refractivity contribution in [2.45, 2.75) is 32.9 Å². The average Bonchev–Trinajstić information content (AvgIpc) is 3.41. The number of rotatable bonds is 7. The molecule has 0 bridgehead atoms. The maximum absolute atomic E-state index is 13.4. The van der Waals surface area contributed by atoms with Crippen LogP contribution in [0.2, 0.25) is 0 Å². The van der Waals surface area contributed by atoms with Crippen LogP contribution in [0.4, 0.5) is 9.18 Å². The van der Waals surface area contributed by atoms with E-state index in [0.29, 0.717) is 23.0 Å². The van der Waals surface area contributed by atoms with Gasteiger partial charge in [0, 0.05) is 11.3 Å². The lowest BCUT2D eigenvalue weighted by atomic mass is 9.93. The Morgan fingerprint density at radius 1 is 1.00 bits per heavy atom. The Balaban J connectivity index is 1.56. The zero-order chi connectivity index (χ0) is 25.9. The Morgan fingerprint density at radius 2 is 1.68 bits per heavy atom. The summed E-state index contributed by atoms with van der Waals surface area (Å²) in [5.74, 6) is 1.15. The number of aromatic nitrogens is 2. The Labute approximate surface area is 214 Å². The number of hydrogen-bond donors (Lipinski definition) is 1. The maximum Gasteiger partial charge on any atom is 0.322 e. The maximum atomic E-state index is 13.4. The van der Waals surface area contributed by atoms with Crippen LogP contribution in [0.5, 0.6) is 5.75 Å². The van der Waals surface area contributed by atoms with E-state index in [1.54, 1.807) is 24.1 Å². The first-order valence-corrected chi connectivity index (χ1v) is 12.1. The van der Waals surface area contributed by atoms with Crippen LogP contribution in [-0.2, 0) is 13.0 Å². The average molecular weight is 499 g/mol. The number of ether oxygens (including phenoxy) is 1. The van der Waals surface area contributed by atoms with Crippen LogP contribution in [0.1, 0.15) is 42.5 Å². The summed E-state index contributed by atoms with van der Waals surface area (Å²) in [7, 11) is 1.61. The number of carbonyl (C=O) groups is 1. The van der Waals surface area contributed by atoms with E-state index in [0.717, 1.165) is 28.9 Å². The lowest BCUT2D eigenvalue weighted by Gasteiger charge is -2.35. The molecule has 2 heterocycles. The molecule has 1 aliphatic heterocycles. The molecule has 2 amide bonds. The van der Waals surface area contributed by atoms with Crippen molar-refractivity contribution >= 4 is 11.6 Å². The van der Waals surface area contributed by atoms with Crippen molar-refractivity contribution in [3.8, 4) is 17.1 Å². The number of benzene rings is 3. The zero-order valence-corrected chi connectivity index (χ0v) is 20.9. The third kappa shape index (κ3) is 4.95. The van der Waals surface area contributed by atoms with E-state index >= 15 is 0 Å². The van der Waals surface area contributed by atoms with Crippen LogP contribution in [0.25, 0.3) is 17.0 Å². The fourth-order valence-electron chi connectivity index (χ4n) is 4.41. The van der Waals surface area contributed by atoms with Crippen LogP contribution in [-0.4, -0.2) is 28.2 Å². The topological polar surface area (TPSA) is 80.5 Å². The Bertz CT molecular complexity index is 1430. The fourth-order valence-corrected chi connectivity index (χ4v) is 4.41. The summed E-state index contributed by atoms with van der Waals surface area (Å²) >= 11 is 0. The minimum Gasteiger partial charge on any atom is -0.497 e. The van der Waals surface area contributed by atoms with Crippen molar-refractivity contribution in [1.29, 1.82) is 0 Å². The largest absolute Gasteiger partial charge is 0.497 e. The highest BCUT2D eigenvalue weighted by Gasteiger charge is 2.35. The number of nitrogens with zero attached hydrogens (tertiary/aromatic N) is 3. The quantitative estimate of drug-likeness (QED) is 0.331. The van der Waals surface area contributed by atoms with E-state index < -0.39 is 6.04 Å². The molecule has 0 fully saturated rings. The van der Waals surface area contributed by atoms with Gasteiger partial charge in [0.05, 0.1) is 25.3 Å². The van der Waals surface area contributed by atoms with Gasteiger partial charge < -0.3 is 14.6 Å². The molecular formula is C29H27FN4O3. The van der Waals surface area contributed by atoms with E-state index in [9.17, 15) is 9.18 Å². The van der Waals surface area contributed by atoms with Crippen LogP contribution in [0.15, 0.2) is 83.0 Å². The van der Waals surface area contributed by atoms with E-state index in [4.69, 9.17) is 14.2 Å². The van der Waals surface area contributed by atoms with Crippen molar-refractivity contribution in [1.82, 2.24) is 20.4 Å². The molecule has 8 heteroatoms. The van der Waals surface area contributed by atoms with Gasteiger partial charge in [0.2, 0.25) is 5.82 Å². The number of urea groups is 1. The molecule has 0 radical (unpaired) electrons. The first-order chi connectivity index (χ1) is 18.0. The first-order valence-electron chi connectivity index (χ1n) is 12.1. The van der Waals surface area contributed by atoms with Crippen molar-refractivity contribution in [2.24, 2.45) is 0 Å². The summed E-state index contributed by atoms with van der Waals surface area (Å²) in [6.45, 7) is 4.23. The highest BCUT2D eigenvalue weighted by atomic mass is 19.1. The first kappa shape index (κ1) is 24.2. The standard InChI is InChI=1S/C29H27FN4O3/c1-4-19-5-9-21(10-6-19)26-25(28-32-27(33-37-28)22-11-15-24(36-3)16-12-22)18(2)34(29(35)31-26)17-20-7-13-23(30)14-8-20/h5-16,26H,4,17H2,1-3H3,(H,31,35). The van der Waals surface area contributed by atoms with E-state index in [2.05, 4.69) is 29.5 Å². The van der Waals surface area contributed by atoms with Gasteiger partial charge in [-0.25, -0.2) is 9.18 Å². The van der Waals surface area contributed by atoms with Gasteiger partial charge in [0.25, 0.3) is 5.89 Å². The Kier molecular flexibility index (Phi) is 6.72. The summed E-state index contributed by atoms with van der Waals surface area (Å²) in [6.07, 6.45) is 0.916. The predicted octanol–water partition coefficient (Wildman–Crippen LogP) is 6.14. The van der Waals surface area contributed by atoms with Gasteiger partial charge in [-0.1, -0.05) is 48.5 Å². The van der Waals surface area contributed by atoms with E-state index in [-0.39, 0.29) is 18.4 Å². The highest BCUT2D eigenvalue weighted by Crippen LogP contribution is 2.38. The number of allylic oxidation sites excluding steroid dienone is 1. The molecule has 1 aromatic heterocycles. The van der Waals surface area contributed by atoms with Gasteiger partial charge >= 0.3 is 6.03 Å². The molecular weight excluding hydrogens is 471 g/mol. The minimum absolute atomic E-state index is 0.259. The summed E-state index contributed by atoms with van der Waals surface area (Å²) in [5.41, 5.74) is 5.07. The van der Waals surface area contributed by atoms with Crippen LogP contribution < -0.4 is 10.1 Å². The normalized spacial score (nSPS) is 15.6. The monoisotopic (exact) mass is 498 g/mol. The van der Waals surface area contributed by atoms with Crippen LogP contribution >= 0.6 is 0 Å². The third-order valence-corrected chi connectivity index (χ3v) is 6.58. The molecule has 1 N–H and O–H groups in total. The van der Waals surface area contributed by atoms with Crippen LogP contribution in [0, 0.1) is 5.82 Å². The third-order valence-electron chi connectivity index (χ3n) is 6.58. The second-order valence-electron chi connectivity index (χ2n) is 8.84. The van der Waals surface area contributed by atoms with Crippen molar-refractivity contribution in [3.63, 3.8) is 0 Å². The van der Waals surface area contributed by atoms with E-state index in [1.165, 1.54) is 17.7 Å². The van der Waals surface area contributed by atoms with Crippen LogP contribution in [0.3, 0.4) is 0 Å². The lowest BCUT2D eigenvalue weighted by Crippen LogP contribution is -2.45. The second kappa shape index (κ2) is 10.3. The molecule has 0 saturated heterocycles. The van der Waals surface area contributed by atoms with Crippen molar-refractivity contribution < 1.29 is 18.4 Å². The number of halogens is 1. The highest BCUT2D eigenvalue weighted by molar-refractivity contribution is 5.86. The minimum atomic E-state index is -0.480. The fraction of sp³-hybridized carbons (Fsp3) is 0.207. The molecule has 4 aromatic rings. The molecule has 1 aliphatic rings. The molecule has 0 aliphatic carbocycles. The van der Waals surface area contributed by atoms with Gasteiger partial charge in [-0.3, -0.25) is 4.90 Å². The molecule has 1 atom stereocenters. The number of carbonyl (C=O) groups excluding carboxylic acids is 1. The predicted molar refractivity (Wildman–Crippen MR) is 138 cm³/mol. The van der Waals surface area contributed by atoms with Crippen molar-refractivity contribution in [2.75, 3.05) is 7.11 Å². The SMILES string of the molecule is CCc1ccc(C2NC(=O)N(Cc3ccc(F)cc3)C(C)=C2c2nc(-c3ccc(OC)cc3)no2)cc1. The molecule has 5 rings (SSSR count). The lowest BCUT2D eigenvalue weighted by molar-refractivity contribution is 0.203. The van der Waals surface area contributed by atoms with Gasteiger partial charge in [0.1, 0.15) is 11.6 Å². The zero-order valence-electron chi connectivity index (χ0n) is 20.9. The number of methoxy groups -OCH3 is 1. The van der Waals surface area contributed by atoms with Gasteiger partial charge in [-0.05, 0) is 66.4 Å². The van der Waals surface area contributed by atoms with Gasteiger partial charge in [0.15, 0.2) is 0 Å². The van der Waals surface area contributed by atoms with Crippen molar-refractivity contribution in [3.05, 3.63) is 107 Å². The van der Waals surface area contributed by atoms with Gasteiger partial charge in [-0.2, -0.15) is 4.98 Å². The summed E-state index contributed by atoms with van der Waals surface area (Å²) in [4.78, 5) is 19.6. The summed E-state index contributed by atoms with van der Waals surface area (Å²) in [5, 5.41) is 7.32. The summed E-state index contributed by atoms with van der Waals surface area (Å²) < 4.78 is 24.4. The molecule has 188 valence electrons.